The Bertz CT molecular complexity index is 356. The van der Waals surface area contributed by atoms with E-state index in [0.717, 1.165) is 19.0 Å². The summed E-state index contributed by atoms with van der Waals surface area (Å²) < 4.78 is 8.49. The third-order valence-electron chi connectivity index (χ3n) is 3.15. The van der Waals surface area contributed by atoms with Crippen molar-refractivity contribution in [3.8, 4) is 0 Å². The second kappa shape index (κ2) is 4.56. The van der Waals surface area contributed by atoms with Crippen molar-refractivity contribution < 1.29 is 4.74 Å². The Labute approximate surface area is 124 Å². The summed E-state index contributed by atoms with van der Waals surface area (Å²) in [6, 6.07) is 0. The van der Waals surface area contributed by atoms with Crippen LogP contribution in [0, 0.1) is 0 Å². The van der Waals surface area contributed by atoms with Gasteiger partial charge in [0.2, 0.25) is 0 Å². The second-order valence-corrected chi connectivity index (χ2v) is 7.77. The molecule has 5 heteroatoms. The molecule has 0 aliphatic heterocycles. The van der Waals surface area contributed by atoms with E-state index in [9.17, 15) is 0 Å². The minimum atomic E-state index is -0.387. The van der Waals surface area contributed by atoms with Crippen LogP contribution in [0.2, 0.25) is 0 Å². The van der Waals surface area contributed by atoms with Crippen molar-refractivity contribution in [3.05, 3.63) is 19.0 Å². The average molecular weight is 468 g/mol. The third-order valence-corrected chi connectivity index (χ3v) is 8.87. The highest BCUT2D eigenvalue weighted by atomic mass is 79.9. The van der Waals surface area contributed by atoms with Gasteiger partial charge in [-0.3, -0.25) is 0 Å². The molecule has 86 valence electrons. The first-order valence-electron chi connectivity index (χ1n) is 4.37. The van der Waals surface area contributed by atoms with Gasteiger partial charge in [0.05, 0.1) is 4.32 Å². The minimum Gasteiger partial charge on any atom is -0.372 e. The lowest BCUT2D eigenvalue weighted by Gasteiger charge is -2.46. The largest absolute Gasteiger partial charge is 0.372 e. The molecule has 0 saturated heterocycles. The van der Waals surface area contributed by atoms with Gasteiger partial charge < -0.3 is 4.74 Å². The minimum absolute atomic E-state index is 0.283. The fourth-order valence-corrected chi connectivity index (χ4v) is 4.62. The first-order valence-corrected chi connectivity index (χ1v) is 7.54. The van der Waals surface area contributed by atoms with Gasteiger partial charge in [0.1, 0.15) is 5.60 Å². The number of methoxy groups -OCH3 is 1. The van der Waals surface area contributed by atoms with Crippen LogP contribution in [0.25, 0.3) is 0 Å². The van der Waals surface area contributed by atoms with Crippen LogP contribution in [0.1, 0.15) is 20.8 Å². The van der Waals surface area contributed by atoms with Crippen molar-refractivity contribution in [2.45, 2.75) is 30.7 Å². The standard InChI is InChI=1S/C10H12Br4O/c1-5-6(11)7(12)8(13)9(2,14)10(5,3)15-4/h1-4H3. The average Bonchev–Trinajstić information content (AvgIpc) is 2.21. The smallest absolute Gasteiger partial charge is 0.107 e. The summed E-state index contributed by atoms with van der Waals surface area (Å²) >= 11 is 14.5. The maximum absolute atomic E-state index is 5.68. The van der Waals surface area contributed by atoms with Crippen LogP contribution in [-0.4, -0.2) is 17.0 Å². The van der Waals surface area contributed by atoms with E-state index in [4.69, 9.17) is 4.74 Å². The van der Waals surface area contributed by atoms with E-state index < -0.39 is 0 Å². The monoisotopic (exact) mass is 464 g/mol. The van der Waals surface area contributed by atoms with Crippen LogP contribution in [0.5, 0.6) is 0 Å². The van der Waals surface area contributed by atoms with Crippen LogP contribution in [0.15, 0.2) is 19.0 Å². The summed E-state index contributed by atoms with van der Waals surface area (Å²) in [7, 11) is 1.72. The molecular weight excluding hydrogens is 456 g/mol. The van der Waals surface area contributed by atoms with Crippen LogP contribution in [0.4, 0.5) is 0 Å². The molecule has 0 fully saturated rings. The molecule has 1 nitrogen and oxygen atoms in total. The number of allylic oxidation sites excluding steroid dienone is 2. The lowest BCUT2D eigenvalue weighted by molar-refractivity contribution is 0.0211. The van der Waals surface area contributed by atoms with Gasteiger partial charge in [0.15, 0.2) is 0 Å². The molecule has 15 heavy (non-hydrogen) atoms. The molecular formula is C10H12Br4O. The van der Waals surface area contributed by atoms with Gasteiger partial charge in [0.25, 0.3) is 0 Å². The van der Waals surface area contributed by atoms with E-state index in [1.807, 2.05) is 0 Å². The van der Waals surface area contributed by atoms with E-state index in [2.05, 4.69) is 84.5 Å². The van der Waals surface area contributed by atoms with E-state index in [0.29, 0.717) is 0 Å². The molecule has 0 bridgehead atoms. The Morgan fingerprint density at radius 3 is 1.93 bits per heavy atom. The van der Waals surface area contributed by atoms with Crippen LogP contribution < -0.4 is 0 Å². The zero-order valence-electron chi connectivity index (χ0n) is 8.92. The SMILES string of the molecule is COC1(C)C(C)=C(Br)C(Br)=C(Br)C1(C)Br. The van der Waals surface area contributed by atoms with Crippen LogP contribution >= 0.6 is 63.7 Å². The summed E-state index contributed by atoms with van der Waals surface area (Å²) in [6.45, 7) is 6.22. The molecule has 0 radical (unpaired) electrons. The van der Waals surface area contributed by atoms with Crippen molar-refractivity contribution in [2.75, 3.05) is 7.11 Å². The zero-order valence-corrected chi connectivity index (χ0v) is 15.3. The molecule has 0 amide bonds. The highest BCUT2D eigenvalue weighted by Crippen LogP contribution is 2.55. The lowest BCUT2D eigenvalue weighted by Crippen LogP contribution is -2.50. The van der Waals surface area contributed by atoms with E-state index >= 15 is 0 Å². The highest BCUT2D eigenvalue weighted by molar-refractivity contribution is 9.17. The molecule has 0 saturated carbocycles. The summed E-state index contributed by atoms with van der Waals surface area (Å²) in [6.07, 6.45) is 0. The van der Waals surface area contributed by atoms with Crippen LogP contribution in [-0.2, 0) is 4.74 Å². The predicted octanol–water partition coefficient (Wildman–Crippen LogP) is 5.23. The molecule has 1 aliphatic rings. The number of halogens is 4. The van der Waals surface area contributed by atoms with Gasteiger partial charge in [-0.25, -0.2) is 0 Å². The fourth-order valence-electron chi connectivity index (χ4n) is 1.58. The summed E-state index contributed by atoms with van der Waals surface area (Å²) in [5.74, 6) is 0. The molecule has 1 aliphatic carbocycles. The molecule has 0 aromatic carbocycles. The van der Waals surface area contributed by atoms with Gasteiger partial charge in [-0.15, -0.1) is 0 Å². The Morgan fingerprint density at radius 1 is 1.07 bits per heavy atom. The van der Waals surface area contributed by atoms with Crippen molar-refractivity contribution in [3.63, 3.8) is 0 Å². The molecule has 0 N–H and O–H groups in total. The molecule has 0 aromatic heterocycles. The van der Waals surface area contributed by atoms with Gasteiger partial charge >= 0.3 is 0 Å². The van der Waals surface area contributed by atoms with Crippen molar-refractivity contribution in [2.24, 2.45) is 0 Å². The van der Waals surface area contributed by atoms with Gasteiger partial charge in [-0.1, -0.05) is 31.9 Å². The Morgan fingerprint density at radius 2 is 1.53 bits per heavy atom. The van der Waals surface area contributed by atoms with Crippen molar-refractivity contribution >= 4 is 63.7 Å². The quantitative estimate of drug-likeness (QED) is 0.480. The van der Waals surface area contributed by atoms with E-state index in [-0.39, 0.29) is 9.93 Å². The summed E-state index contributed by atoms with van der Waals surface area (Å²) in [4.78, 5) is 0. The molecule has 0 spiro atoms. The number of hydrogen-bond acceptors (Lipinski definition) is 1. The topological polar surface area (TPSA) is 9.23 Å². The Hall–Kier alpha value is 1.36. The number of alkyl halides is 1. The maximum Gasteiger partial charge on any atom is 0.107 e. The lowest BCUT2D eigenvalue weighted by atomic mass is 9.80. The molecule has 2 atom stereocenters. The number of rotatable bonds is 1. The Kier molecular flexibility index (Phi) is 4.38. The van der Waals surface area contributed by atoms with Gasteiger partial charge in [-0.2, -0.15) is 0 Å². The van der Waals surface area contributed by atoms with E-state index in [1.165, 1.54) is 0 Å². The zero-order chi connectivity index (χ0) is 12.0. The van der Waals surface area contributed by atoms with Crippen molar-refractivity contribution in [1.29, 1.82) is 0 Å². The second-order valence-electron chi connectivity index (χ2n) is 3.81. The predicted molar refractivity (Wildman–Crippen MR) is 79.3 cm³/mol. The van der Waals surface area contributed by atoms with Crippen LogP contribution in [0.3, 0.4) is 0 Å². The number of hydrogen-bond donors (Lipinski definition) is 0. The normalized spacial score (nSPS) is 37.6. The summed E-state index contributed by atoms with van der Waals surface area (Å²) in [5.41, 5.74) is 0.765. The Balaban J connectivity index is 3.50. The third kappa shape index (κ3) is 1.96. The van der Waals surface area contributed by atoms with E-state index in [1.54, 1.807) is 7.11 Å². The molecule has 0 aromatic rings. The van der Waals surface area contributed by atoms with Gasteiger partial charge in [0, 0.05) is 20.6 Å². The molecule has 2 unspecified atom stereocenters. The fraction of sp³-hybridized carbons (Fsp3) is 0.600. The highest BCUT2D eigenvalue weighted by Gasteiger charge is 2.51. The molecule has 0 heterocycles. The first kappa shape index (κ1) is 14.4. The van der Waals surface area contributed by atoms with Crippen molar-refractivity contribution in [1.82, 2.24) is 0 Å². The molecule has 1 rings (SSSR count). The number of ether oxygens (including phenoxy) is 1. The first-order chi connectivity index (χ1) is 6.70. The van der Waals surface area contributed by atoms with Gasteiger partial charge in [-0.05, 0) is 58.2 Å². The maximum atomic E-state index is 5.68. The summed E-state index contributed by atoms with van der Waals surface area (Å²) in [5, 5.41) is 0.